The van der Waals surface area contributed by atoms with E-state index in [4.69, 9.17) is 4.74 Å². The van der Waals surface area contributed by atoms with Crippen molar-refractivity contribution >= 4 is 12.1 Å². The van der Waals surface area contributed by atoms with Crippen molar-refractivity contribution in [2.24, 2.45) is 0 Å². The molecule has 1 rings (SSSR count). The molecular weight excluding hydrogens is 198 g/mol. The highest BCUT2D eigenvalue weighted by molar-refractivity contribution is 5.91. The molecule has 0 aliphatic carbocycles. The quantitative estimate of drug-likeness (QED) is 0.663. The zero-order valence-corrected chi connectivity index (χ0v) is 9.15. The Morgan fingerprint density at radius 1 is 1.53 bits per heavy atom. The van der Waals surface area contributed by atoms with Crippen LogP contribution in [0.2, 0.25) is 0 Å². The van der Waals surface area contributed by atoms with Gasteiger partial charge < -0.3 is 14.4 Å². The van der Waals surface area contributed by atoms with Crippen LogP contribution in [0, 0.1) is 0 Å². The molecule has 0 spiro atoms. The molecule has 0 saturated heterocycles. The standard InChI is InChI=1S/C10H15NO4/c1-4-7-6-8(12)11(3)9(7)15-10(13)14-5-2/h6,9H,4-5H2,1-3H3. The second kappa shape index (κ2) is 4.82. The second-order valence-corrected chi connectivity index (χ2v) is 3.18. The Kier molecular flexibility index (Phi) is 3.71. The Labute approximate surface area is 88.6 Å². The minimum absolute atomic E-state index is 0.152. The fourth-order valence-electron chi connectivity index (χ4n) is 1.37. The summed E-state index contributed by atoms with van der Waals surface area (Å²) >= 11 is 0. The zero-order chi connectivity index (χ0) is 11.4. The van der Waals surface area contributed by atoms with E-state index in [1.54, 1.807) is 14.0 Å². The van der Waals surface area contributed by atoms with Crippen molar-refractivity contribution in [3.05, 3.63) is 11.6 Å². The van der Waals surface area contributed by atoms with Gasteiger partial charge in [-0.2, -0.15) is 0 Å². The van der Waals surface area contributed by atoms with E-state index in [9.17, 15) is 9.59 Å². The van der Waals surface area contributed by atoms with E-state index in [0.717, 1.165) is 5.57 Å². The van der Waals surface area contributed by atoms with E-state index in [1.807, 2.05) is 6.92 Å². The van der Waals surface area contributed by atoms with E-state index < -0.39 is 12.4 Å². The fourth-order valence-corrected chi connectivity index (χ4v) is 1.37. The predicted octanol–water partition coefficient (Wildman–Crippen LogP) is 1.29. The third kappa shape index (κ3) is 2.49. The van der Waals surface area contributed by atoms with E-state index in [0.29, 0.717) is 6.42 Å². The predicted molar refractivity (Wildman–Crippen MR) is 53.0 cm³/mol. The van der Waals surface area contributed by atoms with Gasteiger partial charge in [-0.1, -0.05) is 6.92 Å². The summed E-state index contributed by atoms with van der Waals surface area (Å²) in [5, 5.41) is 0. The van der Waals surface area contributed by atoms with Crippen molar-refractivity contribution in [2.75, 3.05) is 13.7 Å². The highest BCUT2D eigenvalue weighted by atomic mass is 16.7. The maximum absolute atomic E-state index is 11.3. The van der Waals surface area contributed by atoms with E-state index in [-0.39, 0.29) is 12.5 Å². The molecule has 0 saturated carbocycles. The smallest absolute Gasteiger partial charge is 0.435 e. The molecular formula is C10H15NO4. The molecule has 0 fully saturated rings. The third-order valence-electron chi connectivity index (χ3n) is 2.20. The molecule has 1 unspecified atom stereocenters. The summed E-state index contributed by atoms with van der Waals surface area (Å²) in [4.78, 5) is 23.8. The van der Waals surface area contributed by atoms with Crippen molar-refractivity contribution in [1.29, 1.82) is 0 Å². The highest BCUT2D eigenvalue weighted by Crippen LogP contribution is 2.21. The van der Waals surface area contributed by atoms with Gasteiger partial charge in [0.05, 0.1) is 6.61 Å². The number of hydrogen-bond donors (Lipinski definition) is 0. The van der Waals surface area contributed by atoms with Crippen LogP contribution in [-0.2, 0) is 14.3 Å². The maximum atomic E-state index is 11.3. The van der Waals surface area contributed by atoms with Crippen LogP contribution in [0.15, 0.2) is 11.6 Å². The van der Waals surface area contributed by atoms with Crippen molar-refractivity contribution in [1.82, 2.24) is 4.90 Å². The summed E-state index contributed by atoms with van der Waals surface area (Å²) in [5.41, 5.74) is 0.788. The number of ether oxygens (including phenoxy) is 2. The van der Waals surface area contributed by atoms with Gasteiger partial charge in [-0.15, -0.1) is 0 Å². The molecule has 0 radical (unpaired) electrons. The first-order chi connectivity index (χ1) is 7.10. The molecule has 0 aromatic carbocycles. The van der Waals surface area contributed by atoms with Crippen LogP contribution in [-0.4, -0.2) is 36.8 Å². The van der Waals surface area contributed by atoms with Crippen LogP contribution in [0.1, 0.15) is 20.3 Å². The largest absolute Gasteiger partial charge is 0.510 e. The number of nitrogens with zero attached hydrogens (tertiary/aromatic N) is 1. The Balaban J connectivity index is 2.64. The molecule has 5 heteroatoms. The SMILES string of the molecule is CCOC(=O)OC1C(CC)=CC(=O)N1C. The fraction of sp³-hybridized carbons (Fsp3) is 0.600. The lowest BCUT2D eigenvalue weighted by Gasteiger charge is -2.22. The van der Waals surface area contributed by atoms with Crippen molar-refractivity contribution < 1.29 is 19.1 Å². The summed E-state index contributed by atoms with van der Waals surface area (Å²) < 4.78 is 9.67. The molecule has 1 aliphatic heterocycles. The number of likely N-dealkylation sites (N-methyl/N-ethyl adjacent to an activating group) is 1. The van der Waals surface area contributed by atoms with Gasteiger partial charge >= 0.3 is 6.16 Å². The molecule has 1 atom stereocenters. The second-order valence-electron chi connectivity index (χ2n) is 3.18. The summed E-state index contributed by atoms with van der Waals surface area (Å²) in [6.45, 7) is 3.86. The van der Waals surface area contributed by atoms with Crippen LogP contribution in [0.25, 0.3) is 0 Å². The molecule has 0 aromatic heterocycles. The minimum atomic E-state index is -0.747. The van der Waals surface area contributed by atoms with E-state index in [2.05, 4.69) is 4.74 Å². The summed E-state index contributed by atoms with van der Waals surface area (Å²) in [6, 6.07) is 0. The minimum Gasteiger partial charge on any atom is -0.435 e. The van der Waals surface area contributed by atoms with Crippen LogP contribution in [0.4, 0.5) is 4.79 Å². The number of amides is 1. The van der Waals surface area contributed by atoms with Crippen LogP contribution in [0.5, 0.6) is 0 Å². The number of hydrogen-bond acceptors (Lipinski definition) is 4. The molecule has 1 amide bonds. The van der Waals surface area contributed by atoms with Crippen LogP contribution in [0.3, 0.4) is 0 Å². The Hall–Kier alpha value is -1.52. The summed E-state index contributed by atoms with van der Waals surface area (Å²) in [7, 11) is 1.59. The molecule has 5 nitrogen and oxygen atoms in total. The molecule has 0 aromatic rings. The van der Waals surface area contributed by atoms with Crippen molar-refractivity contribution in [3.63, 3.8) is 0 Å². The molecule has 0 bridgehead atoms. The van der Waals surface area contributed by atoms with Crippen LogP contribution >= 0.6 is 0 Å². The summed E-state index contributed by atoms with van der Waals surface area (Å²) in [6.07, 6.45) is 0.800. The average molecular weight is 213 g/mol. The van der Waals surface area contributed by atoms with E-state index >= 15 is 0 Å². The lowest BCUT2D eigenvalue weighted by atomic mass is 10.2. The Morgan fingerprint density at radius 3 is 2.73 bits per heavy atom. The third-order valence-corrected chi connectivity index (χ3v) is 2.20. The Morgan fingerprint density at radius 2 is 2.20 bits per heavy atom. The Bertz CT molecular complexity index is 298. The van der Waals surface area contributed by atoms with Gasteiger partial charge in [0.15, 0.2) is 0 Å². The molecule has 1 aliphatic rings. The van der Waals surface area contributed by atoms with Gasteiger partial charge in [-0.05, 0) is 18.9 Å². The first kappa shape index (κ1) is 11.6. The first-order valence-corrected chi connectivity index (χ1v) is 4.90. The van der Waals surface area contributed by atoms with Gasteiger partial charge in [0, 0.05) is 13.1 Å². The van der Waals surface area contributed by atoms with Crippen molar-refractivity contribution in [3.8, 4) is 0 Å². The monoisotopic (exact) mass is 213 g/mol. The van der Waals surface area contributed by atoms with Crippen molar-refractivity contribution in [2.45, 2.75) is 26.5 Å². The lowest BCUT2D eigenvalue weighted by Crippen LogP contribution is -2.35. The molecule has 1 heterocycles. The highest BCUT2D eigenvalue weighted by Gasteiger charge is 2.32. The number of carbonyl (C=O) groups excluding carboxylic acids is 2. The van der Waals surface area contributed by atoms with Gasteiger partial charge in [-0.25, -0.2) is 4.79 Å². The van der Waals surface area contributed by atoms with E-state index in [1.165, 1.54) is 11.0 Å². The lowest BCUT2D eigenvalue weighted by molar-refractivity contribution is -0.130. The molecule has 0 N–H and O–H groups in total. The normalized spacial score (nSPS) is 20.2. The topological polar surface area (TPSA) is 55.8 Å². The summed E-state index contributed by atoms with van der Waals surface area (Å²) in [5.74, 6) is -0.152. The van der Waals surface area contributed by atoms with Gasteiger partial charge in [0.2, 0.25) is 12.1 Å². The zero-order valence-electron chi connectivity index (χ0n) is 9.15. The molecule has 15 heavy (non-hydrogen) atoms. The van der Waals surface area contributed by atoms with Crippen LogP contribution < -0.4 is 0 Å². The number of rotatable bonds is 3. The van der Waals surface area contributed by atoms with Gasteiger partial charge in [0.25, 0.3) is 0 Å². The first-order valence-electron chi connectivity index (χ1n) is 4.90. The number of carbonyl (C=O) groups is 2. The van der Waals surface area contributed by atoms with Gasteiger partial charge in [0.1, 0.15) is 0 Å². The average Bonchev–Trinajstić information content (AvgIpc) is 2.46. The maximum Gasteiger partial charge on any atom is 0.510 e. The molecule has 84 valence electrons. The van der Waals surface area contributed by atoms with Gasteiger partial charge in [-0.3, -0.25) is 4.79 Å².